The molecule has 7 nitrogen and oxygen atoms in total. The number of fused-ring (bicyclic) bond motifs is 1. The average molecular weight is 403 g/mol. The first-order valence-corrected chi connectivity index (χ1v) is 9.17. The van der Waals surface area contributed by atoms with Crippen molar-refractivity contribution in [1.29, 1.82) is 0 Å². The van der Waals surface area contributed by atoms with Gasteiger partial charge in [-0.2, -0.15) is 23.1 Å². The van der Waals surface area contributed by atoms with E-state index in [-0.39, 0.29) is 22.9 Å². The lowest BCUT2D eigenvalue weighted by Crippen LogP contribution is -2.43. The van der Waals surface area contributed by atoms with Gasteiger partial charge >= 0.3 is 6.18 Å². The van der Waals surface area contributed by atoms with Crippen LogP contribution in [0.4, 0.5) is 30.6 Å². The largest absolute Gasteiger partial charge is 0.417 e. The lowest BCUT2D eigenvalue weighted by molar-refractivity contribution is -0.137. The van der Waals surface area contributed by atoms with E-state index in [2.05, 4.69) is 25.6 Å². The van der Waals surface area contributed by atoms with Crippen molar-refractivity contribution in [2.75, 3.05) is 49.2 Å². The van der Waals surface area contributed by atoms with Crippen LogP contribution in [0.5, 0.6) is 0 Å². The van der Waals surface area contributed by atoms with Gasteiger partial charge in [0, 0.05) is 44.5 Å². The van der Waals surface area contributed by atoms with Crippen LogP contribution in [0.25, 0.3) is 22.3 Å². The minimum absolute atomic E-state index is 0.00191. The highest BCUT2D eigenvalue weighted by Crippen LogP contribution is 2.42. The second kappa shape index (κ2) is 7.36. The smallest absolute Gasteiger partial charge is 0.372 e. The number of pyridine rings is 1. The van der Waals surface area contributed by atoms with Crippen molar-refractivity contribution < 1.29 is 13.2 Å². The number of piperazine rings is 1. The van der Waals surface area contributed by atoms with Crippen LogP contribution in [-0.4, -0.2) is 48.2 Å². The van der Waals surface area contributed by atoms with E-state index in [1.165, 1.54) is 6.07 Å². The number of hydrogen-bond donors (Lipinski definition) is 3. The Bertz CT molecular complexity index is 1050. The molecule has 3 heterocycles. The van der Waals surface area contributed by atoms with Gasteiger partial charge in [0.2, 0.25) is 5.95 Å². The maximum absolute atomic E-state index is 13.9. The standard InChI is InChI=1S/C19H20F3N7/c1-24-16-11-5-6-13(26-17(11)28-18(23)27-16)15-12(19(20,21)22)3-2-4-14(15)29-9-7-25-8-10-29/h2-6,25H,7-10H2,1H3,(H3,23,24,26,27,28). The Morgan fingerprint density at radius 3 is 2.52 bits per heavy atom. The van der Waals surface area contributed by atoms with Crippen LogP contribution in [0.2, 0.25) is 0 Å². The molecule has 29 heavy (non-hydrogen) atoms. The van der Waals surface area contributed by atoms with Crippen molar-refractivity contribution in [2.45, 2.75) is 6.18 Å². The van der Waals surface area contributed by atoms with E-state index in [0.717, 1.165) is 6.07 Å². The zero-order valence-electron chi connectivity index (χ0n) is 15.7. The van der Waals surface area contributed by atoms with Crippen molar-refractivity contribution >= 4 is 28.5 Å². The Hall–Kier alpha value is -3.14. The first kappa shape index (κ1) is 19.2. The van der Waals surface area contributed by atoms with E-state index < -0.39 is 11.7 Å². The molecule has 2 aromatic heterocycles. The second-order valence-electron chi connectivity index (χ2n) is 6.68. The molecule has 0 saturated carbocycles. The molecule has 1 aliphatic rings. The minimum atomic E-state index is -4.52. The molecule has 0 amide bonds. The molecular weight excluding hydrogens is 383 g/mol. The van der Waals surface area contributed by atoms with Gasteiger partial charge in [-0.3, -0.25) is 0 Å². The predicted molar refractivity (Wildman–Crippen MR) is 107 cm³/mol. The molecule has 1 aromatic carbocycles. The molecule has 152 valence electrons. The van der Waals surface area contributed by atoms with Gasteiger partial charge < -0.3 is 21.3 Å². The number of anilines is 3. The van der Waals surface area contributed by atoms with E-state index in [0.29, 0.717) is 43.1 Å². The van der Waals surface area contributed by atoms with Gasteiger partial charge in [0.05, 0.1) is 16.6 Å². The third kappa shape index (κ3) is 3.63. The van der Waals surface area contributed by atoms with Gasteiger partial charge in [-0.15, -0.1) is 0 Å². The molecule has 0 spiro atoms. The van der Waals surface area contributed by atoms with Crippen molar-refractivity contribution in [3.63, 3.8) is 0 Å². The number of alkyl halides is 3. The average Bonchev–Trinajstić information content (AvgIpc) is 2.72. The number of benzene rings is 1. The summed E-state index contributed by atoms with van der Waals surface area (Å²) in [4.78, 5) is 14.6. The predicted octanol–water partition coefficient (Wildman–Crippen LogP) is 2.74. The third-order valence-corrected chi connectivity index (χ3v) is 4.88. The molecule has 1 saturated heterocycles. The fourth-order valence-electron chi connectivity index (χ4n) is 3.57. The Morgan fingerprint density at radius 2 is 1.83 bits per heavy atom. The molecule has 10 heteroatoms. The number of rotatable bonds is 3. The molecule has 4 rings (SSSR count). The normalized spacial score (nSPS) is 15.0. The Balaban J connectivity index is 1.95. The molecule has 1 fully saturated rings. The maximum atomic E-state index is 13.9. The number of aromatic nitrogens is 3. The van der Waals surface area contributed by atoms with Crippen LogP contribution in [0, 0.1) is 0 Å². The van der Waals surface area contributed by atoms with Crippen molar-refractivity contribution in [2.24, 2.45) is 0 Å². The highest BCUT2D eigenvalue weighted by Gasteiger charge is 2.36. The number of nitrogens with one attached hydrogen (secondary N) is 2. The monoisotopic (exact) mass is 403 g/mol. The van der Waals surface area contributed by atoms with Crippen molar-refractivity contribution in [1.82, 2.24) is 20.3 Å². The van der Waals surface area contributed by atoms with Crippen LogP contribution in [0.3, 0.4) is 0 Å². The fourth-order valence-corrected chi connectivity index (χ4v) is 3.57. The summed E-state index contributed by atoms with van der Waals surface area (Å²) in [5, 5.41) is 6.70. The van der Waals surface area contributed by atoms with Gasteiger partial charge in [-0.05, 0) is 24.3 Å². The first-order valence-electron chi connectivity index (χ1n) is 9.17. The Morgan fingerprint density at radius 1 is 1.07 bits per heavy atom. The maximum Gasteiger partial charge on any atom is 0.417 e. The van der Waals surface area contributed by atoms with Crippen LogP contribution < -0.4 is 21.3 Å². The van der Waals surface area contributed by atoms with E-state index in [1.54, 1.807) is 25.2 Å². The SMILES string of the molecule is CNc1nc(N)nc2nc(-c3c(N4CCNCC4)cccc3C(F)(F)F)ccc12. The van der Waals surface area contributed by atoms with Crippen molar-refractivity contribution in [3.8, 4) is 11.3 Å². The fraction of sp³-hybridized carbons (Fsp3) is 0.316. The first-order chi connectivity index (χ1) is 13.9. The number of nitrogen functional groups attached to an aromatic ring is 1. The number of halogens is 3. The van der Waals surface area contributed by atoms with Gasteiger partial charge in [0.1, 0.15) is 5.82 Å². The molecule has 0 bridgehead atoms. The summed E-state index contributed by atoms with van der Waals surface area (Å²) < 4.78 is 41.6. The quantitative estimate of drug-likeness (QED) is 0.619. The molecule has 0 unspecified atom stereocenters. The van der Waals surface area contributed by atoms with Gasteiger partial charge in [-0.1, -0.05) is 6.07 Å². The summed E-state index contributed by atoms with van der Waals surface area (Å²) in [6.07, 6.45) is -4.52. The highest BCUT2D eigenvalue weighted by molar-refractivity contribution is 5.90. The summed E-state index contributed by atoms with van der Waals surface area (Å²) in [5.41, 5.74) is 6.00. The molecule has 0 aliphatic carbocycles. The summed E-state index contributed by atoms with van der Waals surface area (Å²) in [5.74, 6) is 0.468. The number of nitrogens with two attached hydrogens (primary N) is 1. The van der Waals surface area contributed by atoms with E-state index in [9.17, 15) is 13.2 Å². The summed E-state index contributed by atoms with van der Waals surface area (Å²) in [6, 6.07) is 7.45. The second-order valence-corrected chi connectivity index (χ2v) is 6.68. The zero-order valence-corrected chi connectivity index (χ0v) is 15.7. The number of hydrogen-bond acceptors (Lipinski definition) is 7. The van der Waals surface area contributed by atoms with Crippen LogP contribution in [-0.2, 0) is 6.18 Å². The number of nitrogens with zero attached hydrogens (tertiary/aromatic N) is 4. The molecule has 0 radical (unpaired) electrons. The lowest BCUT2D eigenvalue weighted by atomic mass is 9.99. The van der Waals surface area contributed by atoms with Gasteiger partial charge in [-0.25, -0.2) is 4.98 Å². The van der Waals surface area contributed by atoms with E-state index in [1.807, 2.05) is 4.90 Å². The molecule has 4 N–H and O–H groups in total. The van der Waals surface area contributed by atoms with Crippen LogP contribution >= 0.6 is 0 Å². The highest BCUT2D eigenvalue weighted by atomic mass is 19.4. The lowest BCUT2D eigenvalue weighted by Gasteiger charge is -2.32. The summed E-state index contributed by atoms with van der Waals surface area (Å²) >= 11 is 0. The van der Waals surface area contributed by atoms with Gasteiger partial charge in [0.25, 0.3) is 0 Å². The summed E-state index contributed by atoms with van der Waals surface area (Å²) in [6.45, 7) is 2.63. The molecule has 3 aromatic rings. The summed E-state index contributed by atoms with van der Waals surface area (Å²) in [7, 11) is 1.68. The van der Waals surface area contributed by atoms with E-state index >= 15 is 0 Å². The molecule has 1 aliphatic heterocycles. The van der Waals surface area contributed by atoms with Gasteiger partial charge in [0.15, 0.2) is 5.65 Å². The Labute approximate surface area is 165 Å². The van der Waals surface area contributed by atoms with Crippen molar-refractivity contribution in [3.05, 3.63) is 35.9 Å². The zero-order chi connectivity index (χ0) is 20.6. The minimum Gasteiger partial charge on any atom is -0.372 e. The van der Waals surface area contributed by atoms with Crippen LogP contribution in [0.1, 0.15) is 5.56 Å². The topological polar surface area (TPSA) is 92.0 Å². The van der Waals surface area contributed by atoms with E-state index in [4.69, 9.17) is 5.73 Å². The van der Waals surface area contributed by atoms with Crippen LogP contribution in [0.15, 0.2) is 30.3 Å². The Kier molecular flexibility index (Phi) is 4.87. The molecular formula is C19H20F3N7. The molecule has 0 atom stereocenters. The third-order valence-electron chi connectivity index (χ3n) is 4.88.